The normalized spacial score (nSPS) is 18.9. The maximum atomic E-state index is 11.2. The third-order valence-corrected chi connectivity index (χ3v) is 2.23. The van der Waals surface area contributed by atoms with Crippen molar-refractivity contribution in [2.45, 2.75) is 32.1 Å². The van der Waals surface area contributed by atoms with Gasteiger partial charge in [-0.2, -0.15) is 0 Å². The van der Waals surface area contributed by atoms with Gasteiger partial charge in [-0.25, -0.2) is 0 Å². The maximum absolute atomic E-state index is 11.2. The zero-order valence-electron chi connectivity index (χ0n) is 7.82. The molecule has 1 fully saturated rings. The summed E-state index contributed by atoms with van der Waals surface area (Å²) in [7, 11) is 0. The molecule has 5 heteroatoms. The monoisotopic (exact) mass is 194 g/mol. The molecule has 1 aromatic rings. The molecule has 1 heterocycles. The van der Waals surface area contributed by atoms with Gasteiger partial charge in [0, 0.05) is 19.8 Å². The van der Waals surface area contributed by atoms with E-state index in [4.69, 9.17) is 4.42 Å². The molecule has 14 heavy (non-hydrogen) atoms. The zero-order chi connectivity index (χ0) is 10.1. The van der Waals surface area contributed by atoms with Crippen LogP contribution in [0.4, 0.5) is 0 Å². The van der Waals surface area contributed by atoms with Gasteiger partial charge in [0.25, 0.3) is 0 Å². The van der Waals surface area contributed by atoms with Crippen molar-refractivity contribution in [1.29, 1.82) is 0 Å². The summed E-state index contributed by atoms with van der Waals surface area (Å²) < 4.78 is 5.19. The van der Waals surface area contributed by atoms with Gasteiger partial charge in [-0.05, 0) is 0 Å². The number of aromatic nitrogens is 2. The highest BCUT2D eigenvalue weighted by Crippen LogP contribution is 2.27. The first-order valence-corrected chi connectivity index (χ1v) is 4.48. The van der Waals surface area contributed by atoms with E-state index >= 15 is 0 Å². The molecule has 74 valence electrons. The number of nitrogens with zero attached hydrogens (tertiary/aromatic N) is 2. The molecule has 5 nitrogen and oxygen atoms in total. The fourth-order valence-electron chi connectivity index (χ4n) is 1.64. The van der Waals surface area contributed by atoms with Crippen LogP contribution in [0.5, 0.6) is 0 Å². The lowest BCUT2D eigenvalue weighted by Gasteiger charge is -2.15. The van der Waals surface area contributed by atoms with Crippen molar-refractivity contribution in [1.82, 2.24) is 10.2 Å². The standard InChI is InChI=1S/C9H10N2O3/c1-5-10-11-9(14-5)6-2-7(12)4-8(13)3-6/h6H,2-4H2,1H3. The van der Waals surface area contributed by atoms with E-state index in [-0.39, 0.29) is 23.9 Å². The predicted octanol–water partition coefficient (Wildman–Crippen LogP) is 0.784. The average Bonchev–Trinajstić information content (AvgIpc) is 2.50. The molecular weight excluding hydrogens is 184 g/mol. The lowest BCUT2D eigenvalue weighted by atomic mass is 9.87. The fourth-order valence-corrected chi connectivity index (χ4v) is 1.64. The van der Waals surface area contributed by atoms with E-state index in [9.17, 15) is 9.59 Å². The third kappa shape index (κ3) is 1.71. The fraction of sp³-hybridized carbons (Fsp3) is 0.556. The molecule has 0 unspecified atom stereocenters. The number of carbonyl (C=O) groups is 2. The van der Waals surface area contributed by atoms with Gasteiger partial charge in [-0.3, -0.25) is 9.59 Å². The van der Waals surface area contributed by atoms with E-state index in [0.717, 1.165) is 0 Å². The molecular formula is C9H10N2O3. The first kappa shape index (κ1) is 9.05. The van der Waals surface area contributed by atoms with E-state index in [1.165, 1.54) is 0 Å². The minimum Gasteiger partial charge on any atom is -0.425 e. The van der Waals surface area contributed by atoms with Crippen LogP contribution in [0.2, 0.25) is 0 Å². The molecule has 1 aliphatic rings. The maximum Gasteiger partial charge on any atom is 0.220 e. The Morgan fingerprint density at radius 1 is 1.21 bits per heavy atom. The Morgan fingerprint density at radius 2 is 1.86 bits per heavy atom. The van der Waals surface area contributed by atoms with Crippen LogP contribution in [0.25, 0.3) is 0 Å². The molecule has 0 bridgehead atoms. The third-order valence-electron chi connectivity index (χ3n) is 2.23. The molecule has 1 aromatic heterocycles. The number of ketones is 2. The van der Waals surface area contributed by atoms with E-state index in [1.54, 1.807) is 6.92 Å². The molecule has 1 saturated carbocycles. The van der Waals surface area contributed by atoms with Crippen LogP contribution < -0.4 is 0 Å². The van der Waals surface area contributed by atoms with Crippen LogP contribution in [-0.2, 0) is 9.59 Å². The molecule has 0 aliphatic heterocycles. The van der Waals surface area contributed by atoms with E-state index in [1.807, 2.05) is 0 Å². The zero-order valence-corrected chi connectivity index (χ0v) is 7.82. The van der Waals surface area contributed by atoms with Gasteiger partial charge in [0.05, 0.1) is 12.3 Å². The summed E-state index contributed by atoms with van der Waals surface area (Å²) >= 11 is 0. The number of hydrogen-bond acceptors (Lipinski definition) is 5. The summed E-state index contributed by atoms with van der Waals surface area (Å²) in [6.45, 7) is 1.68. The number of aryl methyl sites for hydroxylation is 1. The second-order valence-electron chi connectivity index (χ2n) is 3.52. The van der Waals surface area contributed by atoms with Gasteiger partial charge < -0.3 is 4.42 Å². The quantitative estimate of drug-likeness (QED) is 0.618. The Balaban J connectivity index is 2.18. The second kappa shape index (κ2) is 3.32. The average molecular weight is 194 g/mol. The smallest absolute Gasteiger partial charge is 0.220 e. The van der Waals surface area contributed by atoms with Crippen molar-refractivity contribution in [3.05, 3.63) is 11.8 Å². The number of Topliss-reactive ketones (excluding diaryl/α,β-unsaturated/α-hetero) is 2. The van der Waals surface area contributed by atoms with Gasteiger partial charge in [-0.15, -0.1) is 10.2 Å². The molecule has 0 aromatic carbocycles. The van der Waals surface area contributed by atoms with Crippen molar-refractivity contribution in [2.24, 2.45) is 0 Å². The van der Waals surface area contributed by atoms with Crippen molar-refractivity contribution < 1.29 is 14.0 Å². The van der Waals surface area contributed by atoms with Gasteiger partial charge in [0.1, 0.15) is 11.6 Å². The molecule has 2 rings (SSSR count). The Kier molecular flexibility index (Phi) is 2.15. The number of rotatable bonds is 1. The van der Waals surface area contributed by atoms with Gasteiger partial charge in [-0.1, -0.05) is 0 Å². The number of hydrogen-bond donors (Lipinski definition) is 0. The second-order valence-corrected chi connectivity index (χ2v) is 3.52. The molecule has 0 amide bonds. The highest BCUT2D eigenvalue weighted by atomic mass is 16.4. The Bertz CT molecular complexity index is 367. The highest BCUT2D eigenvalue weighted by molar-refractivity contribution is 6.02. The van der Waals surface area contributed by atoms with Gasteiger partial charge in [0.15, 0.2) is 0 Å². The van der Waals surface area contributed by atoms with Crippen LogP contribution in [0, 0.1) is 6.92 Å². The largest absolute Gasteiger partial charge is 0.425 e. The van der Waals surface area contributed by atoms with Crippen LogP contribution >= 0.6 is 0 Å². The first-order valence-electron chi connectivity index (χ1n) is 4.48. The lowest BCUT2D eigenvalue weighted by molar-refractivity contribution is -0.130. The Labute approximate surface area is 80.5 Å². The summed E-state index contributed by atoms with van der Waals surface area (Å²) in [6, 6.07) is 0. The molecule has 1 aliphatic carbocycles. The van der Waals surface area contributed by atoms with Crippen molar-refractivity contribution in [3.8, 4) is 0 Å². The van der Waals surface area contributed by atoms with Crippen LogP contribution in [0.1, 0.15) is 37.0 Å². The topological polar surface area (TPSA) is 73.1 Å². The van der Waals surface area contributed by atoms with Crippen molar-refractivity contribution >= 4 is 11.6 Å². The molecule has 0 saturated heterocycles. The SMILES string of the molecule is Cc1nnc(C2CC(=O)CC(=O)C2)o1. The summed E-state index contributed by atoms with van der Waals surface area (Å²) in [6.07, 6.45) is 0.740. The van der Waals surface area contributed by atoms with Gasteiger partial charge >= 0.3 is 0 Å². The first-order chi connectivity index (χ1) is 6.65. The van der Waals surface area contributed by atoms with Crippen LogP contribution in [-0.4, -0.2) is 21.8 Å². The summed E-state index contributed by atoms with van der Waals surface area (Å²) in [5.74, 6) is 0.587. The lowest BCUT2D eigenvalue weighted by Crippen LogP contribution is -2.21. The van der Waals surface area contributed by atoms with E-state index in [2.05, 4.69) is 10.2 Å². The predicted molar refractivity (Wildman–Crippen MR) is 45.6 cm³/mol. The molecule has 0 atom stereocenters. The van der Waals surface area contributed by atoms with Crippen molar-refractivity contribution in [2.75, 3.05) is 0 Å². The highest BCUT2D eigenvalue weighted by Gasteiger charge is 2.29. The van der Waals surface area contributed by atoms with Crippen LogP contribution in [0.15, 0.2) is 4.42 Å². The molecule has 0 spiro atoms. The van der Waals surface area contributed by atoms with E-state index in [0.29, 0.717) is 24.6 Å². The minimum atomic E-state index is -0.204. The Morgan fingerprint density at radius 3 is 2.36 bits per heavy atom. The summed E-state index contributed by atoms with van der Waals surface area (Å²) in [5.41, 5.74) is 0. The summed E-state index contributed by atoms with van der Waals surface area (Å²) in [5, 5.41) is 7.49. The van der Waals surface area contributed by atoms with Crippen LogP contribution in [0.3, 0.4) is 0 Å². The summed E-state index contributed by atoms with van der Waals surface area (Å²) in [4.78, 5) is 22.3. The molecule has 0 N–H and O–H groups in total. The van der Waals surface area contributed by atoms with Crippen molar-refractivity contribution in [3.63, 3.8) is 0 Å². The number of carbonyl (C=O) groups excluding carboxylic acids is 2. The minimum absolute atomic E-state index is 0.0397. The Hall–Kier alpha value is -1.52. The van der Waals surface area contributed by atoms with E-state index < -0.39 is 0 Å². The van der Waals surface area contributed by atoms with Gasteiger partial charge in [0.2, 0.25) is 11.8 Å². The molecule has 0 radical (unpaired) electrons.